The fourth-order valence-electron chi connectivity index (χ4n) is 2.68. The van der Waals surface area contributed by atoms with Crippen molar-refractivity contribution < 1.29 is 4.74 Å². The van der Waals surface area contributed by atoms with Gasteiger partial charge in [-0.3, -0.25) is 0 Å². The molecule has 1 aromatic carbocycles. The predicted octanol–water partition coefficient (Wildman–Crippen LogP) is 2.69. The van der Waals surface area contributed by atoms with Crippen molar-refractivity contribution in [3.8, 4) is 0 Å². The average molecular weight is 229 g/mol. The van der Waals surface area contributed by atoms with E-state index in [2.05, 4.69) is 30.5 Å². The van der Waals surface area contributed by atoms with Gasteiger partial charge in [-0.25, -0.2) is 0 Å². The highest BCUT2D eigenvalue weighted by Crippen LogP contribution is 2.34. The van der Waals surface area contributed by atoms with Crippen molar-refractivity contribution in [1.82, 2.24) is 4.59 Å². The first-order valence-corrected chi connectivity index (χ1v) is 6.17. The first kappa shape index (κ1) is 10.7. The molecule has 2 heterocycles. The number of para-hydroxylation sites is 1. The summed E-state index contributed by atoms with van der Waals surface area (Å²) in [6, 6.07) is 11.0. The van der Waals surface area contributed by atoms with Crippen LogP contribution >= 0.6 is 0 Å². The Morgan fingerprint density at radius 3 is 2.53 bits per heavy atom. The molecule has 0 bridgehead atoms. The summed E-state index contributed by atoms with van der Waals surface area (Å²) in [7, 11) is 0. The first-order valence-electron chi connectivity index (χ1n) is 6.17. The van der Waals surface area contributed by atoms with Crippen LogP contribution < -0.4 is 4.59 Å². The van der Waals surface area contributed by atoms with Crippen LogP contribution in [-0.2, 0) is 4.74 Å². The smallest absolute Gasteiger partial charge is 0.164 e. The van der Waals surface area contributed by atoms with Crippen molar-refractivity contribution in [1.29, 1.82) is 0 Å². The number of quaternary nitrogens is 1. The fourth-order valence-corrected chi connectivity index (χ4v) is 2.68. The van der Waals surface area contributed by atoms with Gasteiger partial charge in [-0.1, -0.05) is 23.3 Å². The van der Waals surface area contributed by atoms with Crippen molar-refractivity contribution in [2.75, 3.05) is 13.2 Å². The average Bonchev–Trinajstić information content (AvgIpc) is 2.91. The van der Waals surface area contributed by atoms with E-state index in [4.69, 9.17) is 9.84 Å². The summed E-state index contributed by atoms with van der Waals surface area (Å²) in [4.78, 5) is 0. The monoisotopic (exact) mass is 229 g/mol. The molecule has 1 unspecified atom stereocenters. The third kappa shape index (κ3) is 1.81. The molecule has 88 valence electrons. The summed E-state index contributed by atoms with van der Waals surface area (Å²) in [5.41, 5.74) is 1.24. The molecule has 3 rings (SSSR count). The van der Waals surface area contributed by atoms with Gasteiger partial charge in [0.15, 0.2) is 5.69 Å². The Morgan fingerprint density at radius 2 is 1.88 bits per heavy atom. The first-order chi connectivity index (χ1) is 8.42. The van der Waals surface area contributed by atoms with Crippen molar-refractivity contribution in [3.05, 3.63) is 42.6 Å². The van der Waals surface area contributed by atoms with Crippen LogP contribution in [0.1, 0.15) is 12.8 Å². The molecule has 0 aromatic heterocycles. The quantitative estimate of drug-likeness (QED) is 0.714. The summed E-state index contributed by atoms with van der Waals surface area (Å²) >= 11 is 0. The fraction of sp³-hybridized carbons (Fsp3) is 0.357. The molecule has 1 atom stereocenters. The van der Waals surface area contributed by atoms with Gasteiger partial charge < -0.3 is 4.74 Å². The number of allylic oxidation sites excluding steroid dienone is 1. The van der Waals surface area contributed by atoms with E-state index in [0.29, 0.717) is 10.6 Å². The molecule has 0 N–H and O–H groups in total. The molecule has 3 heteroatoms. The molecule has 0 amide bonds. The Labute approximate surface area is 102 Å². The molecule has 2 aliphatic rings. The van der Waals surface area contributed by atoms with Crippen LogP contribution in [0.3, 0.4) is 0 Å². The molecule has 1 aromatic rings. The van der Waals surface area contributed by atoms with E-state index in [-0.39, 0.29) is 0 Å². The second-order valence-electron chi connectivity index (χ2n) is 4.52. The largest absolute Gasteiger partial charge is 0.381 e. The highest BCUT2D eigenvalue weighted by Gasteiger charge is 2.40. The van der Waals surface area contributed by atoms with Gasteiger partial charge in [0.25, 0.3) is 0 Å². The predicted molar refractivity (Wildman–Crippen MR) is 69.7 cm³/mol. The van der Waals surface area contributed by atoms with E-state index in [1.807, 2.05) is 18.4 Å². The topological polar surface area (TPSA) is 21.6 Å². The van der Waals surface area contributed by atoms with E-state index in [1.165, 1.54) is 5.69 Å². The maximum Gasteiger partial charge on any atom is 0.164 e. The maximum atomic E-state index is 5.45. The van der Waals surface area contributed by atoms with E-state index >= 15 is 0 Å². The van der Waals surface area contributed by atoms with E-state index in [0.717, 1.165) is 26.1 Å². The lowest BCUT2D eigenvalue weighted by molar-refractivity contribution is 0.0524. The zero-order valence-corrected chi connectivity index (χ0v) is 9.83. The van der Waals surface area contributed by atoms with Crippen LogP contribution in [0.25, 0.3) is 0 Å². The number of ether oxygens (including phenoxy) is 1. The van der Waals surface area contributed by atoms with Crippen molar-refractivity contribution in [2.24, 2.45) is 5.10 Å². The Balaban J connectivity index is 1.99. The molecule has 1 saturated heterocycles. The Kier molecular flexibility index (Phi) is 2.79. The molecular formula is C14H17N2O+. The van der Waals surface area contributed by atoms with E-state index < -0.39 is 0 Å². The van der Waals surface area contributed by atoms with Gasteiger partial charge in [0.2, 0.25) is 0 Å². The van der Waals surface area contributed by atoms with Gasteiger partial charge in [0.1, 0.15) is 12.2 Å². The van der Waals surface area contributed by atoms with Gasteiger partial charge in [0.05, 0.1) is 19.4 Å². The summed E-state index contributed by atoms with van der Waals surface area (Å²) < 4.78 is 6.07. The Morgan fingerprint density at radius 1 is 1.12 bits per heavy atom. The van der Waals surface area contributed by atoms with E-state index in [9.17, 15) is 0 Å². The van der Waals surface area contributed by atoms with Crippen LogP contribution in [0, 0.1) is 0 Å². The molecule has 2 aliphatic heterocycles. The highest BCUT2D eigenvalue weighted by atomic mass is 16.5. The molecule has 1 fully saturated rings. The molecular weight excluding hydrogens is 212 g/mol. The summed E-state index contributed by atoms with van der Waals surface area (Å²) in [5, 5.41) is 4.71. The lowest BCUT2D eigenvalue weighted by Gasteiger charge is -2.35. The SMILES string of the molecule is C1=C[N+](c2ccccc2)(C2CCOCC2)N=C1. The molecule has 0 radical (unpaired) electrons. The highest BCUT2D eigenvalue weighted by molar-refractivity contribution is 5.75. The molecule has 17 heavy (non-hydrogen) atoms. The normalized spacial score (nSPS) is 28.7. The van der Waals surface area contributed by atoms with Gasteiger partial charge in [-0.15, -0.1) is 4.59 Å². The zero-order chi connectivity index (χ0) is 11.6. The Hall–Kier alpha value is -1.45. The molecule has 0 spiro atoms. The number of rotatable bonds is 2. The minimum atomic E-state index is 0.501. The summed E-state index contributed by atoms with van der Waals surface area (Å²) in [6.07, 6.45) is 8.27. The van der Waals surface area contributed by atoms with Gasteiger partial charge in [-0.2, -0.15) is 0 Å². The van der Waals surface area contributed by atoms with Crippen LogP contribution in [0.2, 0.25) is 0 Å². The van der Waals surface area contributed by atoms with Gasteiger partial charge in [-0.05, 0) is 0 Å². The number of hydrogen-bond donors (Lipinski definition) is 0. The number of benzene rings is 1. The standard InChI is InChI=1S/C14H17N2O/c1-2-5-13(6-3-1)16(10-4-9-15-16)14-7-11-17-12-8-14/h1-6,9-10,14H,7-8,11-12H2/q+1. The third-order valence-electron chi connectivity index (χ3n) is 3.57. The van der Waals surface area contributed by atoms with Crippen LogP contribution in [0.5, 0.6) is 0 Å². The van der Waals surface area contributed by atoms with Crippen molar-refractivity contribution >= 4 is 11.9 Å². The summed E-state index contributed by atoms with van der Waals surface area (Å²) in [6.45, 7) is 1.70. The third-order valence-corrected chi connectivity index (χ3v) is 3.57. The second kappa shape index (κ2) is 4.43. The minimum absolute atomic E-state index is 0.501. The second-order valence-corrected chi connectivity index (χ2v) is 4.52. The maximum absolute atomic E-state index is 5.45. The van der Waals surface area contributed by atoms with E-state index in [1.54, 1.807) is 0 Å². The molecule has 3 nitrogen and oxygen atoms in total. The Bertz CT molecular complexity index is 421. The number of nitrogens with zero attached hydrogens (tertiary/aromatic N) is 2. The van der Waals surface area contributed by atoms with Crippen LogP contribution in [0.15, 0.2) is 47.7 Å². The molecule has 0 saturated carbocycles. The number of hydrogen-bond acceptors (Lipinski definition) is 2. The zero-order valence-electron chi connectivity index (χ0n) is 9.83. The van der Waals surface area contributed by atoms with Gasteiger partial charge >= 0.3 is 0 Å². The lowest BCUT2D eigenvalue weighted by atomic mass is 10.1. The molecule has 0 aliphatic carbocycles. The van der Waals surface area contributed by atoms with Crippen molar-refractivity contribution in [3.63, 3.8) is 0 Å². The van der Waals surface area contributed by atoms with Crippen LogP contribution in [0.4, 0.5) is 5.69 Å². The lowest BCUT2D eigenvalue weighted by Crippen LogP contribution is -2.49. The van der Waals surface area contributed by atoms with Crippen molar-refractivity contribution in [2.45, 2.75) is 18.9 Å². The summed E-state index contributed by atoms with van der Waals surface area (Å²) in [5.74, 6) is 0. The van der Waals surface area contributed by atoms with Crippen LogP contribution in [-0.4, -0.2) is 25.5 Å². The van der Waals surface area contributed by atoms with Gasteiger partial charge in [0, 0.05) is 31.1 Å². The minimum Gasteiger partial charge on any atom is -0.381 e.